The lowest BCUT2D eigenvalue weighted by Gasteiger charge is -2.04. The van der Waals surface area contributed by atoms with Crippen molar-refractivity contribution < 1.29 is 14.5 Å². The molecule has 0 aliphatic rings. The van der Waals surface area contributed by atoms with Gasteiger partial charge in [0, 0.05) is 0 Å². The summed E-state index contributed by atoms with van der Waals surface area (Å²) in [6.07, 6.45) is 5.35. The van der Waals surface area contributed by atoms with Crippen molar-refractivity contribution in [2.24, 2.45) is 19.3 Å². The highest BCUT2D eigenvalue weighted by Crippen LogP contribution is 2.12. The van der Waals surface area contributed by atoms with Crippen LogP contribution < -0.4 is 9.30 Å². The highest BCUT2D eigenvalue weighted by molar-refractivity contribution is 5.79. The first-order chi connectivity index (χ1) is 8.70. The fourth-order valence-electron chi connectivity index (χ4n) is 1.69. The van der Waals surface area contributed by atoms with Gasteiger partial charge in [0.15, 0.2) is 6.61 Å². The molecular weight excluding hydrogens is 230 g/mol. The van der Waals surface area contributed by atoms with E-state index in [2.05, 4.69) is 5.16 Å². The van der Waals surface area contributed by atoms with E-state index in [1.54, 1.807) is 0 Å². The lowest BCUT2D eigenvalue weighted by atomic mass is 10.2. The summed E-state index contributed by atoms with van der Waals surface area (Å²) in [7, 11) is 3.97. The minimum atomic E-state index is 0.507. The van der Waals surface area contributed by atoms with Crippen LogP contribution in [0.2, 0.25) is 0 Å². The SMILES string of the molecule is Cn1cc[n+](C)c1COc1ccc(/C=N/O)cc1. The monoisotopic (exact) mass is 246 g/mol. The van der Waals surface area contributed by atoms with Gasteiger partial charge in [-0.1, -0.05) is 5.16 Å². The molecule has 0 bridgehead atoms. The van der Waals surface area contributed by atoms with Crippen LogP contribution in [0.3, 0.4) is 0 Å². The molecule has 5 heteroatoms. The molecule has 0 unspecified atom stereocenters. The average molecular weight is 246 g/mol. The van der Waals surface area contributed by atoms with Crippen LogP contribution in [0.4, 0.5) is 0 Å². The smallest absolute Gasteiger partial charge is 0.294 e. The molecule has 1 aromatic heterocycles. The Kier molecular flexibility index (Phi) is 3.62. The van der Waals surface area contributed by atoms with E-state index in [0.717, 1.165) is 17.1 Å². The van der Waals surface area contributed by atoms with Gasteiger partial charge in [-0.05, 0) is 29.8 Å². The molecule has 2 aromatic rings. The Morgan fingerprint density at radius 1 is 1.39 bits per heavy atom. The van der Waals surface area contributed by atoms with E-state index in [-0.39, 0.29) is 0 Å². The average Bonchev–Trinajstić information content (AvgIpc) is 2.69. The zero-order chi connectivity index (χ0) is 13.0. The summed E-state index contributed by atoms with van der Waals surface area (Å²) in [6, 6.07) is 7.36. The van der Waals surface area contributed by atoms with Gasteiger partial charge in [-0.25, -0.2) is 9.13 Å². The van der Waals surface area contributed by atoms with Gasteiger partial charge < -0.3 is 9.94 Å². The van der Waals surface area contributed by atoms with Gasteiger partial charge in [0.2, 0.25) is 0 Å². The summed E-state index contributed by atoms with van der Waals surface area (Å²) in [5.74, 6) is 1.86. The fraction of sp³-hybridized carbons (Fsp3) is 0.231. The van der Waals surface area contributed by atoms with Crippen LogP contribution >= 0.6 is 0 Å². The number of rotatable bonds is 4. The van der Waals surface area contributed by atoms with Crippen molar-refractivity contribution in [3.05, 3.63) is 48.0 Å². The van der Waals surface area contributed by atoms with Gasteiger partial charge in [-0.3, -0.25) is 0 Å². The number of aryl methyl sites for hydroxylation is 2. The molecule has 5 nitrogen and oxygen atoms in total. The first kappa shape index (κ1) is 12.2. The highest BCUT2D eigenvalue weighted by atomic mass is 16.5. The zero-order valence-corrected chi connectivity index (χ0v) is 10.4. The predicted molar refractivity (Wildman–Crippen MR) is 66.7 cm³/mol. The van der Waals surface area contributed by atoms with Crippen molar-refractivity contribution >= 4 is 6.21 Å². The van der Waals surface area contributed by atoms with E-state index in [1.165, 1.54) is 6.21 Å². The molecule has 94 valence electrons. The van der Waals surface area contributed by atoms with Crippen LogP contribution in [0.5, 0.6) is 5.75 Å². The Labute approximate surface area is 106 Å². The highest BCUT2D eigenvalue weighted by Gasteiger charge is 2.11. The molecule has 0 radical (unpaired) electrons. The van der Waals surface area contributed by atoms with Gasteiger partial charge >= 0.3 is 0 Å². The van der Waals surface area contributed by atoms with Crippen LogP contribution in [0.25, 0.3) is 0 Å². The van der Waals surface area contributed by atoms with Crippen LogP contribution in [0, 0.1) is 0 Å². The normalized spacial score (nSPS) is 11.0. The number of aromatic nitrogens is 2. The molecule has 0 aliphatic carbocycles. The van der Waals surface area contributed by atoms with Crippen molar-refractivity contribution in [2.75, 3.05) is 0 Å². The number of oxime groups is 1. The summed E-state index contributed by atoms with van der Waals surface area (Å²) in [5, 5.41) is 11.4. The Hall–Kier alpha value is -2.30. The molecule has 1 N–H and O–H groups in total. The maximum atomic E-state index is 8.41. The molecule has 0 amide bonds. The summed E-state index contributed by atoms with van der Waals surface area (Å²) >= 11 is 0. The van der Waals surface area contributed by atoms with Gasteiger partial charge in [-0.2, -0.15) is 0 Å². The van der Waals surface area contributed by atoms with Crippen LogP contribution in [-0.2, 0) is 20.7 Å². The van der Waals surface area contributed by atoms with Crippen molar-refractivity contribution in [3.8, 4) is 5.75 Å². The molecule has 0 fully saturated rings. The van der Waals surface area contributed by atoms with Crippen molar-refractivity contribution in [1.82, 2.24) is 4.57 Å². The molecule has 0 saturated carbocycles. The molecule has 1 aromatic carbocycles. The van der Waals surface area contributed by atoms with Crippen LogP contribution in [0.15, 0.2) is 41.8 Å². The molecule has 2 rings (SSSR count). The van der Waals surface area contributed by atoms with Gasteiger partial charge in [0.25, 0.3) is 5.82 Å². The first-order valence-corrected chi connectivity index (χ1v) is 5.61. The molecule has 0 spiro atoms. The summed E-state index contributed by atoms with van der Waals surface area (Å²) in [4.78, 5) is 0. The van der Waals surface area contributed by atoms with Crippen molar-refractivity contribution in [2.45, 2.75) is 6.61 Å². The van der Waals surface area contributed by atoms with Crippen LogP contribution in [0.1, 0.15) is 11.4 Å². The van der Waals surface area contributed by atoms with E-state index in [9.17, 15) is 0 Å². The predicted octanol–water partition coefficient (Wildman–Crippen LogP) is 1.24. The third kappa shape index (κ3) is 2.68. The third-order valence-electron chi connectivity index (χ3n) is 2.78. The first-order valence-electron chi connectivity index (χ1n) is 5.61. The van der Waals surface area contributed by atoms with E-state index < -0.39 is 0 Å². The number of hydrogen-bond donors (Lipinski definition) is 1. The molecule has 0 saturated heterocycles. The molecule has 1 heterocycles. The maximum Gasteiger partial charge on any atom is 0.294 e. The van der Waals surface area contributed by atoms with Gasteiger partial charge in [0.05, 0.1) is 20.3 Å². The summed E-state index contributed by atoms with van der Waals surface area (Å²) in [5.41, 5.74) is 0.828. The number of hydrogen-bond acceptors (Lipinski definition) is 3. The lowest BCUT2D eigenvalue weighted by Crippen LogP contribution is -2.32. The second-order valence-electron chi connectivity index (χ2n) is 4.04. The van der Waals surface area contributed by atoms with E-state index in [4.69, 9.17) is 9.94 Å². The molecule has 0 atom stereocenters. The summed E-state index contributed by atoms with van der Waals surface area (Å²) < 4.78 is 9.74. The Bertz CT molecular complexity index is 524. The maximum absolute atomic E-state index is 8.41. The third-order valence-corrected chi connectivity index (χ3v) is 2.78. The number of benzene rings is 1. The largest absolute Gasteiger partial charge is 0.481 e. The van der Waals surface area contributed by atoms with E-state index in [0.29, 0.717) is 6.61 Å². The van der Waals surface area contributed by atoms with E-state index >= 15 is 0 Å². The second-order valence-corrected chi connectivity index (χ2v) is 4.04. The van der Waals surface area contributed by atoms with Crippen molar-refractivity contribution in [3.63, 3.8) is 0 Å². The Balaban J connectivity index is 2.02. The minimum absolute atomic E-state index is 0.507. The summed E-state index contributed by atoms with van der Waals surface area (Å²) in [6.45, 7) is 0.507. The van der Waals surface area contributed by atoms with Crippen molar-refractivity contribution in [1.29, 1.82) is 0 Å². The number of nitrogens with zero attached hydrogens (tertiary/aromatic N) is 3. The standard InChI is InChI=1S/C13H15N3O2/c1-15-7-8-16(2)13(15)10-18-12-5-3-11(4-6-12)9-14-17/h3-9H,10H2,1-2H3/p+1/b14-9+. The quantitative estimate of drug-likeness (QED) is 0.382. The Morgan fingerprint density at radius 2 is 2.11 bits per heavy atom. The molecule has 18 heavy (non-hydrogen) atoms. The number of imidazole rings is 1. The Morgan fingerprint density at radius 3 is 2.67 bits per heavy atom. The minimum Gasteiger partial charge on any atom is -0.481 e. The fourth-order valence-corrected chi connectivity index (χ4v) is 1.69. The zero-order valence-electron chi connectivity index (χ0n) is 10.4. The molecule has 0 aliphatic heterocycles. The molecular formula is C13H16N3O2+. The van der Waals surface area contributed by atoms with E-state index in [1.807, 2.05) is 59.9 Å². The van der Waals surface area contributed by atoms with Crippen LogP contribution in [-0.4, -0.2) is 16.0 Å². The number of ether oxygens (including phenoxy) is 1. The van der Waals surface area contributed by atoms with Gasteiger partial charge in [0.1, 0.15) is 18.1 Å². The lowest BCUT2D eigenvalue weighted by molar-refractivity contribution is -0.680. The second kappa shape index (κ2) is 5.35. The van der Waals surface area contributed by atoms with Gasteiger partial charge in [-0.15, -0.1) is 0 Å². The topological polar surface area (TPSA) is 50.6 Å².